The average molecular weight is 361 g/mol. The first-order chi connectivity index (χ1) is 13.0. The van der Waals surface area contributed by atoms with Crippen LogP contribution in [-0.4, -0.2) is 20.3 Å². The van der Waals surface area contributed by atoms with E-state index in [9.17, 15) is 5.11 Å². The van der Waals surface area contributed by atoms with Crippen molar-refractivity contribution in [2.75, 3.05) is 0 Å². The summed E-state index contributed by atoms with van der Waals surface area (Å²) in [4.78, 5) is 4.14. The summed E-state index contributed by atoms with van der Waals surface area (Å²) < 4.78 is 2.01. The molecule has 0 bridgehead atoms. The van der Waals surface area contributed by atoms with E-state index in [-0.39, 0.29) is 11.3 Å². The van der Waals surface area contributed by atoms with Gasteiger partial charge in [0.25, 0.3) is 0 Å². The topological polar surface area (TPSA) is 38.0 Å². The molecule has 2 atom stereocenters. The summed E-state index contributed by atoms with van der Waals surface area (Å²) in [7, 11) is 0. The fourth-order valence-corrected chi connectivity index (χ4v) is 4.56. The maximum absolute atomic E-state index is 11.7. The van der Waals surface area contributed by atoms with Crippen molar-refractivity contribution < 1.29 is 5.11 Å². The third-order valence-electron chi connectivity index (χ3n) is 6.49. The molecule has 1 saturated carbocycles. The summed E-state index contributed by atoms with van der Waals surface area (Å²) in [5, 5.41) is 11.7. The van der Waals surface area contributed by atoms with Crippen molar-refractivity contribution >= 4 is 0 Å². The standard InChI is InChI=1S/C24H28N2O/c1-23(2)13-12-22(24(23,27)17-26-15-14-25-18-26)16-19-8-10-21(11-9-19)20-6-4-3-5-7-20/h3-11,14-15,18,22,27H,12-13,16-17H2,1-2H3. The predicted molar refractivity (Wildman–Crippen MR) is 109 cm³/mol. The van der Waals surface area contributed by atoms with E-state index in [0.29, 0.717) is 6.54 Å². The smallest absolute Gasteiger partial charge is 0.0946 e. The number of benzene rings is 2. The number of hydrogen-bond acceptors (Lipinski definition) is 2. The highest BCUT2D eigenvalue weighted by Gasteiger charge is 2.53. The Bertz CT molecular complexity index is 869. The van der Waals surface area contributed by atoms with Gasteiger partial charge in [0, 0.05) is 12.4 Å². The van der Waals surface area contributed by atoms with Gasteiger partial charge in [-0.2, -0.15) is 0 Å². The van der Waals surface area contributed by atoms with E-state index in [0.717, 1.165) is 19.3 Å². The summed E-state index contributed by atoms with van der Waals surface area (Å²) in [6.45, 7) is 5.00. The molecule has 2 aromatic carbocycles. The van der Waals surface area contributed by atoms with Crippen LogP contribution >= 0.6 is 0 Å². The van der Waals surface area contributed by atoms with Crippen molar-refractivity contribution in [2.24, 2.45) is 11.3 Å². The lowest BCUT2D eigenvalue weighted by Gasteiger charge is -2.41. The van der Waals surface area contributed by atoms with E-state index < -0.39 is 5.60 Å². The number of imidazole rings is 1. The van der Waals surface area contributed by atoms with Gasteiger partial charge in [-0.25, -0.2) is 4.98 Å². The molecular formula is C24H28N2O. The SMILES string of the molecule is CC1(C)CCC(Cc2ccc(-c3ccccc3)cc2)C1(O)Cn1ccnc1. The molecule has 0 saturated heterocycles. The fourth-order valence-electron chi connectivity index (χ4n) is 4.56. The van der Waals surface area contributed by atoms with Gasteiger partial charge in [0.15, 0.2) is 0 Å². The first-order valence-electron chi connectivity index (χ1n) is 9.80. The number of nitrogens with zero attached hydrogens (tertiary/aromatic N) is 2. The van der Waals surface area contributed by atoms with Gasteiger partial charge < -0.3 is 9.67 Å². The Labute approximate surface area is 161 Å². The molecule has 4 rings (SSSR count). The van der Waals surface area contributed by atoms with Gasteiger partial charge in [0.1, 0.15) is 0 Å². The fraction of sp³-hybridized carbons (Fsp3) is 0.375. The third kappa shape index (κ3) is 3.44. The van der Waals surface area contributed by atoms with E-state index >= 15 is 0 Å². The molecule has 1 heterocycles. The van der Waals surface area contributed by atoms with Gasteiger partial charge in [-0.05, 0) is 47.3 Å². The molecule has 3 heteroatoms. The maximum atomic E-state index is 11.7. The molecule has 1 aliphatic carbocycles. The molecule has 0 spiro atoms. The molecule has 3 nitrogen and oxygen atoms in total. The molecule has 3 aromatic rings. The molecule has 1 fully saturated rings. The van der Waals surface area contributed by atoms with E-state index in [1.54, 1.807) is 12.5 Å². The summed E-state index contributed by atoms with van der Waals surface area (Å²) in [5.74, 6) is 0.248. The number of aromatic nitrogens is 2. The Morgan fingerprint density at radius 3 is 2.41 bits per heavy atom. The minimum atomic E-state index is -0.730. The van der Waals surface area contributed by atoms with Crippen molar-refractivity contribution in [1.82, 2.24) is 9.55 Å². The van der Waals surface area contributed by atoms with Crippen LogP contribution in [0.4, 0.5) is 0 Å². The van der Waals surface area contributed by atoms with Crippen LogP contribution in [0.15, 0.2) is 73.3 Å². The van der Waals surface area contributed by atoms with Gasteiger partial charge in [0.2, 0.25) is 0 Å². The van der Waals surface area contributed by atoms with Crippen molar-refractivity contribution in [1.29, 1.82) is 0 Å². The number of aliphatic hydroxyl groups is 1. The van der Waals surface area contributed by atoms with Crippen LogP contribution < -0.4 is 0 Å². The van der Waals surface area contributed by atoms with E-state index in [2.05, 4.69) is 67.4 Å². The summed E-state index contributed by atoms with van der Waals surface area (Å²) >= 11 is 0. The van der Waals surface area contributed by atoms with E-state index in [4.69, 9.17) is 0 Å². The molecule has 0 radical (unpaired) electrons. The normalized spacial score (nSPS) is 24.2. The molecule has 0 amide bonds. The second-order valence-corrected chi connectivity index (χ2v) is 8.55. The van der Waals surface area contributed by atoms with Gasteiger partial charge in [-0.15, -0.1) is 0 Å². The zero-order chi connectivity index (χ0) is 18.9. The summed E-state index contributed by atoms with van der Waals surface area (Å²) in [5.41, 5.74) is 2.93. The Kier molecular flexibility index (Phi) is 4.65. The molecule has 0 aliphatic heterocycles. The third-order valence-corrected chi connectivity index (χ3v) is 6.49. The Balaban J connectivity index is 1.54. The lowest BCUT2D eigenvalue weighted by Crippen LogP contribution is -2.49. The van der Waals surface area contributed by atoms with Crippen molar-refractivity contribution in [3.63, 3.8) is 0 Å². The van der Waals surface area contributed by atoms with Gasteiger partial charge in [-0.1, -0.05) is 68.4 Å². The highest BCUT2D eigenvalue weighted by molar-refractivity contribution is 5.63. The van der Waals surface area contributed by atoms with Crippen LogP contribution in [0.2, 0.25) is 0 Å². The highest BCUT2D eigenvalue weighted by atomic mass is 16.3. The first-order valence-corrected chi connectivity index (χ1v) is 9.80. The highest BCUT2D eigenvalue weighted by Crippen LogP contribution is 2.51. The monoisotopic (exact) mass is 360 g/mol. The minimum absolute atomic E-state index is 0.105. The van der Waals surface area contributed by atoms with E-state index in [1.165, 1.54) is 16.7 Å². The van der Waals surface area contributed by atoms with E-state index in [1.807, 2.05) is 16.8 Å². The number of hydrogen-bond donors (Lipinski definition) is 1. The predicted octanol–water partition coefficient (Wildman–Crippen LogP) is 4.96. The van der Waals surface area contributed by atoms with Crippen LogP contribution in [0.5, 0.6) is 0 Å². The van der Waals surface area contributed by atoms with Gasteiger partial charge in [0.05, 0.1) is 18.5 Å². The molecule has 140 valence electrons. The quantitative estimate of drug-likeness (QED) is 0.698. The van der Waals surface area contributed by atoms with Crippen LogP contribution in [0.25, 0.3) is 11.1 Å². The number of rotatable bonds is 5. The molecule has 27 heavy (non-hydrogen) atoms. The first kappa shape index (κ1) is 18.0. The lowest BCUT2D eigenvalue weighted by molar-refractivity contribution is -0.0885. The van der Waals surface area contributed by atoms with Crippen LogP contribution in [0, 0.1) is 11.3 Å². The van der Waals surface area contributed by atoms with Crippen LogP contribution in [0.1, 0.15) is 32.3 Å². The Hall–Kier alpha value is -2.39. The Morgan fingerprint density at radius 1 is 1.04 bits per heavy atom. The summed E-state index contributed by atoms with van der Waals surface area (Å²) in [6.07, 6.45) is 8.53. The lowest BCUT2D eigenvalue weighted by atomic mass is 9.72. The molecular weight excluding hydrogens is 332 g/mol. The zero-order valence-electron chi connectivity index (χ0n) is 16.2. The van der Waals surface area contributed by atoms with Crippen molar-refractivity contribution in [2.45, 2.75) is 45.3 Å². The largest absolute Gasteiger partial charge is 0.387 e. The molecule has 1 aromatic heterocycles. The molecule has 1 aliphatic rings. The molecule has 2 unspecified atom stereocenters. The molecule has 1 N–H and O–H groups in total. The van der Waals surface area contributed by atoms with Gasteiger partial charge in [-0.3, -0.25) is 0 Å². The van der Waals surface area contributed by atoms with Crippen molar-refractivity contribution in [3.8, 4) is 11.1 Å². The second-order valence-electron chi connectivity index (χ2n) is 8.55. The Morgan fingerprint density at radius 2 is 1.74 bits per heavy atom. The average Bonchev–Trinajstić information content (AvgIpc) is 3.25. The van der Waals surface area contributed by atoms with Gasteiger partial charge >= 0.3 is 0 Å². The zero-order valence-corrected chi connectivity index (χ0v) is 16.2. The van der Waals surface area contributed by atoms with Crippen LogP contribution in [-0.2, 0) is 13.0 Å². The maximum Gasteiger partial charge on any atom is 0.0946 e. The minimum Gasteiger partial charge on any atom is -0.387 e. The second kappa shape index (κ2) is 6.97. The van der Waals surface area contributed by atoms with Crippen molar-refractivity contribution in [3.05, 3.63) is 78.9 Å². The van der Waals surface area contributed by atoms with Crippen LogP contribution in [0.3, 0.4) is 0 Å². The summed E-state index contributed by atoms with van der Waals surface area (Å²) in [6, 6.07) is 19.3.